The third-order valence-electron chi connectivity index (χ3n) is 6.07. The van der Waals surface area contributed by atoms with Crippen molar-refractivity contribution < 1.29 is 20.0 Å². The molecule has 0 unspecified atom stereocenters. The van der Waals surface area contributed by atoms with Crippen molar-refractivity contribution in [1.82, 2.24) is 0 Å². The van der Waals surface area contributed by atoms with Gasteiger partial charge in [-0.2, -0.15) is 0 Å². The minimum Gasteiger partial charge on any atom is -0.461 e. The van der Waals surface area contributed by atoms with Crippen molar-refractivity contribution in [1.29, 1.82) is 0 Å². The first kappa shape index (κ1) is 16.0. The van der Waals surface area contributed by atoms with Gasteiger partial charge in [0.15, 0.2) is 0 Å². The number of fused-ring (bicyclic) bond motifs is 2. The third-order valence-corrected chi connectivity index (χ3v) is 6.07. The van der Waals surface area contributed by atoms with Crippen molar-refractivity contribution >= 4 is 5.97 Å². The van der Waals surface area contributed by atoms with E-state index in [2.05, 4.69) is 25.2 Å². The fraction of sp³-hybridized carbons (Fsp3) is 0.833. The zero-order valence-electron chi connectivity index (χ0n) is 13.9. The van der Waals surface area contributed by atoms with Crippen LogP contribution in [0.25, 0.3) is 0 Å². The van der Waals surface area contributed by atoms with E-state index in [1.165, 1.54) is 19.3 Å². The Labute approximate surface area is 133 Å². The van der Waals surface area contributed by atoms with Gasteiger partial charge in [-0.3, -0.25) is 4.79 Å². The number of quaternary nitrogens is 1. The van der Waals surface area contributed by atoms with Crippen LogP contribution in [0.4, 0.5) is 0 Å². The molecule has 124 valence electrons. The number of allylic oxidation sites excluding steroid dienone is 1. The summed E-state index contributed by atoms with van der Waals surface area (Å²) < 4.78 is 5.73. The van der Waals surface area contributed by atoms with Crippen LogP contribution in [0, 0.1) is 23.2 Å². The van der Waals surface area contributed by atoms with E-state index in [0.717, 1.165) is 25.9 Å². The number of rotatable bonds is 5. The van der Waals surface area contributed by atoms with E-state index in [0.29, 0.717) is 5.92 Å². The lowest BCUT2D eigenvalue weighted by molar-refractivity contribution is -0.659. The van der Waals surface area contributed by atoms with Gasteiger partial charge in [0.25, 0.3) is 0 Å². The van der Waals surface area contributed by atoms with E-state index in [1.54, 1.807) is 5.57 Å². The summed E-state index contributed by atoms with van der Waals surface area (Å²) in [6.07, 6.45) is 8.09. The van der Waals surface area contributed by atoms with Gasteiger partial charge < -0.3 is 15.2 Å². The molecule has 1 aliphatic heterocycles. The summed E-state index contributed by atoms with van der Waals surface area (Å²) >= 11 is 0. The number of carbonyl (C=O) groups excluding carboxylic acids is 1. The zero-order valence-corrected chi connectivity index (χ0v) is 13.9. The van der Waals surface area contributed by atoms with Crippen LogP contribution < -0.4 is 5.32 Å². The summed E-state index contributed by atoms with van der Waals surface area (Å²) in [5.74, 6) is 0.896. The molecule has 0 bridgehead atoms. The monoisotopic (exact) mass is 308 g/mol. The molecule has 0 amide bonds. The lowest BCUT2D eigenvalue weighted by Crippen LogP contribution is -2.86. The van der Waals surface area contributed by atoms with Crippen LogP contribution >= 0.6 is 0 Å². The molecule has 4 heteroatoms. The summed E-state index contributed by atoms with van der Waals surface area (Å²) in [4.78, 5) is 12.3. The molecule has 3 aliphatic rings. The first-order chi connectivity index (χ1) is 10.5. The predicted octanol–water partition coefficient (Wildman–Crippen LogP) is 1.25. The summed E-state index contributed by atoms with van der Waals surface area (Å²) in [7, 11) is 0. The first-order valence-electron chi connectivity index (χ1n) is 8.90. The molecule has 2 aliphatic carbocycles. The topological polar surface area (TPSA) is 63.1 Å². The standard InChI is InChI=1S/C18H29NO3/c1-12-5-3-6-18(2)10-16-13(9-15(12)18)14(17(21)22-16)11-19-7-4-8-20/h9,12-14,16,19-20H,3-8,10-11H2,1-2H3/p+1/t12-,13+,14-,16+,18+/m0/s1. The molecule has 1 heterocycles. The van der Waals surface area contributed by atoms with Crippen LogP contribution in [-0.2, 0) is 9.53 Å². The van der Waals surface area contributed by atoms with Gasteiger partial charge >= 0.3 is 5.97 Å². The summed E-state index contributed by atoms with van der Waals surface area (Å²) in [6.45, 7) is 6.58. The molecule has 1 saturated carbocycles. The number of carbonyl (C=O) groups is 1. The molecule has 4 nitrogen and oxygen atoms in total. The maximum absolute atomic E-state index is 12.3. The zero-order chi connectivity index (χ0) is 15.7. The van der Waals surface area contributed by atoms with Crippen molar-refractivity contribution in [2.24, 2.45) is 23.2 Å². The molecule has 3 rings (SSSR count). The third kappa shape index (κ3) is 2.83. The highest BCUT2D eigenvalue weighted by Gasteiger charge is 2.52. The Balaban J connectivity index is 1.74. The van der Waals surface area contributed by atoms with Crippen LogP contribution in [0.15, 0.2) is 11.6 Å². The van der Waals surface area contributed by atoms with Crippen molar-refractivity contribution in [3.63, 3.8) is 0 Å². The lowest BCUT2D eigenvalue weighted by atomic mass is 9.59. The van der Waals surface area contributed by atoms with Crippen molar-refractivity contribution in [3.05, 3.63) is 11.6 Å². The second-order valence-electron chi connectivity index (χ2n) is 7.73. The molecule has 0 aromatic heterocycles. The number of nitrogens with two attached hydrogens (primary N) is 1. The van der Waals surface area contributed by atoms with Crippen LogP contribution in [0.3, 0.4) is 0 Å². The highest BCUT2D eigenvalue weighted by Crippen LogP contribution is 2.53. The SMILES string of the molecule is C[C@H]1CCC[C@]2(C)C[C@H]3OC(=O)[C@@H](C[NH2+]CCCO)[C@H]3C=C12. The van der Waals surface area contributed by atoms with Gasteiger partial charge in [0.2, 0.25) is 0 Å². The first-order valence-corrected chi connectivity index (χ1v) is 8.90. The lowest BCUT2D eigenvalue weighted by Gasteiger charge is -2.45. The summed E-state index contributed by atoms with van der Waals surface area (Å²) in [5, 5.41) is 11.0. The van der Waals surface area contributed by atoms with Gasteiger partial charge in [-0.05, 0) is 30.6 Å². The fourth-order valence-electron chi connectivity index (χ4n) is 4.85. The number of hydrogen-bond acceptors (Lipinski definition) is 3. The van der Waals surface area contributed by atoms with Gasteiger partial charge in [-0.15, -0.1) is 0 Å². The molecule has 0 aromatic carbocycles. The number of hydrogen-bond donors (Lipinski definition) is 2. The molecular weight excluding hydrogens is 278 g/mol. The minimum atomic E-state index is -0.0120. The number of ether oxygens (including phenoxy) is 1. The fourth-order valence-corrected chi connectivity index (χ4v) is 4.85. The molecule has 0 aromatic rings. The highest BCUT2D eigenvalue weighted by molar-refractivity contribution is 5.76. The molecule has 0 spiro atoms. The Bertz CT molecular complexity index is 461. The summed E-state index contributed by atoms with van der Waals surface area (Å²) in [6, 6.07) is 0. The van der Waals surface area contributed by atoms with E-state index in [4.69, 9.17) is 9.84 Å². The van der Waals surface area contributed by atoms with Gasteiger partial charge in [0, 0.05) is 18.9 Å². The molecule has 1 saturated heterocycles. The number of esters is 1. The maximum atomic E-state index is 12.3. The Kier molecular flexibility index (Phi) is 4.60. The Morgan fingerprint density at radius 1 is 1.50 bits per heavy atom. The van der Waals surface area contributed by atoms with Crippen molar-refractivity contribution in [2.75, 3.05) is 19.7 Å². The van der Waals surface area contributed by atoms with Gasteiger partial charge in [0.05, 0.1) is 13.1 Å². The van der Waals surface area contributed by atoms with Crippen LogP contribution in [-0.4, -0.2) is 36.9 Å². The van der Waals surface area contributed by atoms with Gasteiger partial charge in [-0.25, -0.2) is 0 Å². The second kappa shape index (κ2) is 6.32. The van der Waals surface area contributed by atoms with E-state index in [1.807, 2.05) is 0 Å². The van der Waals surface area contributed by atoms with Crippen molar-refractivity contribution in [3.8, 4) is 0 Å². The average molecular weight is 308 g/mol. The number of aliphatic hydroxyl groups excluding tert-OH is 1. The van der Waals surface area contributed by atoms with E-state index in [9.17, 15) is 4.79 Å². The Morgan fingerprint density at radius 2 is 2.32 bits per heavy atom. The molecule has 22 heavy (non-hydrogen) atoms. The van der Waals surface area contributed by atoms with Crippen LogP contribution in [0.5, 0.6) is 0 Å². The largest absolute Gasteiger partial charge is 0.461 e. The Hall–Kier alpha value is -0.870. The molecular formula is C18H30NO3+. The van der Waals surface area contributed by atoms with Gasteiger partial charge in [0.1, 0.15) is 12.0 Å². The van der Waals surface area contributed by atoms with Crippen molar-refractivity contribution in [2.45, 2.75) is 52.1 Å². The molecule has 3 N–H and O–H groups in total. The van der Waals surface area contributed by atoms with E-state index < -0.39 is 0 Å². The summed E-state index contributed by atoms with van der Waals surface area (Å²) in [5.41, 5.74) is 1.83. The minimum absolute atomic E-state index is 0.00475. The smallest absolute Gasteiger partial charge is 0.315 e. The highest BCUT2D eigenvalue weighted by atomic mass is 16.6. The Morgan fingerprint density at radius 3 is 3.09 bits per heavy atom. The molecule has 0 radical (unpaired) electrons. The van der Waals surface area contributed by atoms with E-state index in [-0.39, 0.29) is 35.9 Å². The molecule has 5 atom stereocenters. The molecule has 2 fully saturated rings. The van der Waals surface area contributed by atoms with Crippen LogP contribution in [0.2, 0.25) is 0 Å². The second-order valence-corrected chi connectivity index (χ2v) is 7.73. The average Bonchev–Trinajstić information content (AvgIpc) is 2.76. The van der Waals surface area contributed by atoms with E-state index >= 15 is 0 Å². The number of aliphatic hydroxyl groups is 1. The quantitative estimate of drug-likeness (QED) is 0.456. The maximum Gasteiger partial charge on any atom is 0.315 e. The predicted molar refractivity (Wildman–Crippen MR) is 84.0 cm³/mol. The normalized spacial score (nSPS) is 40.7. The van der Waals surface area contributed by atoms with Crippen LogP contribution in [0.1, 0.15) is 46.0 Å². The van der Waals surface area contributed by atoms with Gasteiger partial charge in [-0.1, -0.05) is 31.9 Å².